The molecule has 3 N–H and O–H groups in total. The zero-order valence-electron chi connectivity index (χ0n) is 14.6. The van der Waals surface area contributed by atoms with Crippen molar-refractivity contribution < 1.29 is 9.53 Å². The lowest BCUT2D eigenvalue weighted by Crippen LogP contribution is -2.59. The molecule has 132 valence electrons. The van der Waals surface area contributed by atoms with Crippen LogP contribution in [0.25, 0.3) is 0 Å². The van der Waals surface area contributed by atoms with E-state index in [0.29, 0.717) is 25.7 Å². The predicted molar refractivity (Wildman–Crippen MR) is 94.6 cm³/mol. The maximum Gasteiger partial charge on any atom is 0.234 e. The van der Waals surface area contributed by atoms with E-state index in [-0.39, 0.29) is 11.4 Å². The molecule has 2 aliphatic rings. The van der Waals surface area contributed by atoms with Crippen molar-refractivity contribution in [3.63, 3.8) is 0 Å². The molecule has 1 spiro atoms. The van der Waals surface area contributed by atoms with Gasteiger partial charge in [0.25, 0.3) is 0 Å². The van der Waals surface area contributed by atoms with Crippen LogP contribution in [0.15, 0.2) is 24.3 Å². The topological polar surface area (TPSA) is 62.4 Å². The molecule has 5 nitrogen and oxygen atoms in total. The van der Waals surface area contributed by atoms with Crippen LogP contribution in [0, 0.1) is 0 Å². The van der Waals surface area contributed by atoms with E-state index in [1.54, 1.807) is 0 Å². The molecule has 1 atom stereocenters. The van der Waals surface area contributed by atoms with Crippen LogP contribution >= 0.6 is 0 Å². The lowest BCUT2D eigenvalue weighted by Gasteiger charge is -2.43. The molecule has 0 radical (unpaired) electrons. The number of nitrogens with one attached hydrogen (secondary N) is 3. The van der Waals surface area contributed by atoms with Gasteiger partial charge in [-0.15, -0.1) is 0 Å². The average molecular weight is 331 g/mol. The number of hydrogen-bond acceptors (Lipinski definition) is 4. The van der Waals surface area contributed by atoms with Gasteiger partial charge in [0.1, 0.15) is 0 Å². The third kappa shape index (κ3) is 4.15. The van der Waals surface area contributed by atoms with Crippen LogP contribution in [0.1, 0.15) is 43.7 Å². The number of amides is 1. The van der Waals surface area contributed by atoms with E-state index in [4.69, 9.17) is 4.74 Å². The number of ether oxygens (including phenoxy) is 1. The van der Waals surface area contributed by atoms with Gasteiger partial charge in [-0.1, -0.05) is 24.3 Å². The summed E-state index contributed by atoms with van der Waals surface area (Å²) in [5, 5.41) is 10.1. The Labute approximate surface area is 144 Å². The second-order valence-corrected chi connectivity index (χ2v) is 6.89. The maximum absolute atomic E-state index is 12.1. The number of carbonyl (C=O) groups is 1. The average Bonchev–Trinajstić information content (AvgIpc) is 3.01. The number of carbonyl (C=O) groups excluding carboxylic acids is 1. The Morgan fingerprint density at radius 3 is 2.71 bits per heavy atom. The fourth-order valence-corrected chi connectivity index (χ4v) is 3.70. The van der Waals surface area contributed by atoms with E-state index in [9.17, 15) is 4.79 Å². The molecule has 1 heterocycles. The summed E-state index contributed by atoms with van der Waals surface area (Å²) < 4.78 is 5.39. The highest BCUT2D eigenvalue weighted by Gasteiger charge is 2.46. The number of hydrogen-bond donors (Lipinski definition) is 3. The van der Waals surface area contributed by atoms with Gasteiger partial charge in [-0.2, -0.15) is 0 Å². The van der Waals surface area contributed by atoms with Crippen LogP contribution < -0.4 is 16.0 Å². The van der Waals surface area contributed by atoms with Gasteiger partial charge in [0.2, 0.25) is 5.91 Å². The van der Waals surface area contributed by atoms with Gasteiger partial charge in [0.15, 0.2) is 0 Å². The van der Waals surface area contributed by atoms with Crippen molar-refractivity contribution in [2.45, 2.75) is 57.3 Å². The van der Waals surface area contributed by atoms with Gasteiger partial charge in [0.05, 0.1) is 13.2 Å². The van der Waals surface area contributed by atoms with E-state index in [0.717, 1.165) is 30.7 Å². The Hall–Kier alpha value is -1.43. The first-order valence-electron chi connectivity index (χ1n) is 9.12. The van der Waals surface area contributed by atoms with Gasteiger partial charge in [-0.3, -0.25) is 4.79 Å². The normalized spacial score (nSPS) is 21.6. The number of rotatable bonds is 8. The first-order chi connectivity index (χ1) is 11.7. The van der Waals surface area contributed by atoms with E-state index in [1.165, 1.54) is 19.3 Å². The zero-order chi connectivity index (χ0) is 16.8. The molecule has 3 rings (SSSR count). The molecule has 24 heavy (non-hydrogen) atoms. The first kappa shape index (κ1) is 17.4. The van der Waals surface area contributed by atoms with Crippen molar-refractivity contribution in [3.8, 4) is 0 Å². The van der Waals surface area contributed by atoms with Gasteiger partial charge in [0, 0.05) is 24.7 Å². The van der Waals surface area contributed by atoms with Crippen molar-refractivity contribution in [1.82, 2.24) is 16.0 Å². The van der Waals surface area contributed by atoms with Crippen LogP contribution in [0.3, 0.4) is 0 Å². The second kappa shape index (κ2) is 8.10. The maximum atomic E-state index is 12.1. The summed E-state index contributed by atoms with van der Waals surface area (Å²) in [7, 11) is 0. The highest BCUT2D eigenvalue weighted by Crippen LogP contribution is 2.38. The molecule has 1 aromatic carbocycles. The highest BCUT2D eigenvalue weighted by molar-refractivity contribution is 5.78. The number of benzene rings is 1. The van der Waals surface area contributed by atoms with E-state index in [1.807, 2.05) is 19.1 Å². The molecule has 1 aliphatic carbocycles. The Bertz CT molecular complexity index is 540. The molecule has 5 heteroatoms. The van der Waals surface area contributed by atoms with E-state index >= 15 is 0 Å². The summed E-state index contributed by atoms with van der Waals surface area (Å²) in [4.78, 5) is 12.1. The molecule has 1 amide bonds. The van der Waals surface area contributed by atoms with Crippen LogP contribution in [0.2, 0.25) is 0 Å². The van der Waals surface area contributed by atoms with Crippen molar-refractivity contribution >= 4 is 5.91 Å². The van der Waals surface area contributed by atoms with E-state index < -0.39 is 0 Å². The fourth-order valence-electron chi connectivity index (χ4n) is 3.70. The predicted octanol–water partition coefficient (Wildman–Crippen LogP) is 1.71. The van der Waals surface area contributed by atoms with Crippen molar-refractivity contribution in [1.29, 1.82) is 0 Å². The molecule has 1 saturated heterocycles. The van der Waals surface area contributed by atoms with Crippen molar-refractivity contribution in [2.24, 2.45) is 0 Å². The molecule has 1 saturated carbocycles. The van der Waals surface area contributed by atoms with Crippen LogP contribution in [0.5, 0.6) is 0 Å². The van der Waals surface area contributed by atoms with Crippen molar-refractivity contribution in [2.75, 3.05) is 19.7 Å². The Morgan fingerprint density at radius 2 is 2.04 bits per heavy atom. The minimum atomic E-state index is 0.0646. The third-order valence-electron chi connectivity index (χ3n) is 5.32. The molecule has 1 unspecified atom stereocenters. The summed E-state index contributed by atoms with van der Waals surface area (Å²) in [6.07, 6.45) is 4.89. The SMILES string of the molecule is CCOCc1ccc(CNC(=O)CNC2CCNC23CCC3)cc1. The lowest BCUT2D eigenvalue weighted by atomic mass is 9.73. The zero-order valence-corrected chi connectivity index (χ0v) is 14.6. The smallest absolute Gasteiger partial charge is 0.234 e. The quantitative estimate of drug-likeness (QED) is 0.679. The molecule has 0 bridgehead atoms. The van der Waals surface area contributed by atoms with Crippen LogP contribution in [-0.4, -0.2) is 37.2 Å². The molecule has 2 fully saturated rings. The van der Waals surface area contributed by atoms with Crippen LogP contribution in [0.4, 0.5) is 0 Å². The standard InChI is InChI=1S/C19H29N3O2/c1-2-24-14-16-6-4-15(5-7-16)12-21-18(23)13-20-17-8-11-22-19(17)9-3-10-19/h4-7,17,20,22H,2-3,8-14H2,1H3,(H,21,23). The van der Waals surface area contributed by atoms with E-state index in [2.05, 4.69) is 28.1 Å². The fraction of sp³-hybridized carbons (Fsp3) is 0.632. The Balaban J connectivity index is 1.38. The van der Waals surface area contributed by atoms with Gasteiger partial charge >= 0.3 is 0 Å². The minimum Gasteiger partial charge on any atom is -0.377 e. The summed E-state index contributed by atoms with van der Waals surface area (Å²) in [5.41, 5.74) is 2.55. The summed E-state index contributed by atoms with van der Waals surface area (Å²) >= 11 is 0. The van der Waals surface area contributed by atoms with Gasteiger partial charge in [-0.25, -0.2) is 0 Å². The highest BCUT2D eigenvalue weighted by atomic mass is 16.5. The monoisotopic (exact) mass is 331 g/mol. The van der Waals surface area contributed by atoms with Crippen LogP contribution in [-0.2, 0) is 22.7 Å². The minimum absolute atomic E-state index is 0.0646. The van der Waals surface area contributed by atoms with Crippen molar-refractivity contribution in [3.05, 3.63) is 35.4 Å². The Kier molecular flexibility index (Phi) is 5.87. The third-order valence-corrected chi connectivity index (χ3v) is 5.32. The summed E-state index contributed by atoms with van der Waals surface area (Å²) in [6, 6.07) is 8.65. The molecular weight excluding hydrogens is 302 g/mol. The lowest BCUT2D eigenvalue weighted by molar-refractivity contribution is -0.120. The largest absolute Gasteiger partial charge is 0.377 e. The first-order valence-corrected chi connectivity index (χ1v) is 9.12. The van der Waals surface area contributed by atoms with Gasteiger partial charge in [-0.05, 0) is 50.3 Å². The molecular formula is C19H29N3O2. The molecule has 1 aromatic rings. The summed E-state index contributed by atoms with van der Waals surface area (Å²) in [6.45, 7) is 5.40. The molecule has 0 aromatic heterocycles. The Morgan fingerprint density at radius 1 is 1.29 bits per heavy atom. The van der Waals surface area contributed by atoms with Gasteiger partial charge < -0.3 is 20.7 Å². The molecule has 1 aliphatic heterocycles. The second-order valence-electron chi connectivity index (χ2n) is 6.89. The summed E-state index contributed by atoms with van der Waals surface area (Å²) in [5.74, 6) is 0.0646.